The van der Waals surface area contributed by atoms with Gasteiger partial charge < -0.3 is 15.4 Å². The van der Waals surface area contributed by atoms with E-state index in [0.717, 1.165) is 11.8 Å². The van der Waals surface area contributed by atoms with Crippen molar-refractivity contribution in [2.75, 3.05) is 27.8 Å². The molecule has 3 rings (SSSR count). The van der Waals surface area contributed by atoms with Gasteiger partial charge in [-0.2, -0.15) is 0 Å². The Morgan fingerprint density at radius 3 is 1.97 bits per heavy atom. The van der Waals surface area contributed by atoms with Gasteiger partial charge in [0.05, 0.1) is 18.5 Å². The van der Waals surface area contributed by atoms with Crippen LogP contribution in [0.2, 0.25) is 5.02 Å². The van der Waals surface area contributed by atoms with E-state index < -0.39 is 10.0 Å². The van der Waals surface area contributed by atoms with Crippen LogP contribution in [0.15, 0.2) is 72.8 Å². The molecule has 0 fully saturated rings. The van der Waals surface area contributed by atoms with Crippen molar-refractivity contribution in [1.29, 1.82) is 0 Å². The standard InChI is InChI=1S/C24H24ClN3O5S/c1-17(29)26-20-7-9-21(10-8-20)27-24(30)16-33-23-13-11-22(12-14-23)28(34(2,31)32)15-18-3-5-19(25)6-4-18/h3-14H,15-16H2,1-2H3,(H,26,29)(H,27,30). The highest BCUT2D eigenvalue weighted by atomic mass is 35.5. The maximum Gasteiger partial charge on any atom is 0.262 e. The first-order valence-corrected chi connectivity index (χ1v) is 12.5. The molecule has 0 bridgehead atoms. The Labute approximate surface area is 203 Å². The van der Waals surface area contributed by atoms with E-state index in [1.807, 2.05) is 0 Å². The van der Waals surface area contributed by atoms with Crippen LogP contribution in [0.4, 0.5) is 17.1 Å². The van der Waals surface area contributed by atoms with E-state index >= 15 is 0 Å². The minimum Gasteiger partial charge on any atom is -0.484 e. The molecule has 0 aromatic heterocycles. The molecule has 0 atom stereocenters. The van der Waals surface area contributed by atoms with Crippen LogP contribution in [0.5, 0.6) is 5.75 Å². The summed E-state index contributed by atoms with van der Waals surface area (Å²) < 4.78 is 31.5. The molecule has 8 nitrogen and oxygen atoms in total. The van der Waals surface area contributed by atoms with E-state index in [2.05, 4.69) is 10.6 Å². The van der Waals surface area contributed by atoms with Crippen molar-refractivity contribution in [2.24, 2.45) is 0 Å². The Hall–Kier alpha value is -3.56. The van der Waals surface area contributed by atoms with Crippen LogP contribution >= 0.6 is 11.6 Å². The summed E-state index contributed by atoms with van der Waals surface area (Å²) in [6.07, 6.45) is 1.14. The second-order valence-electron chi connectivity index (χ2n) is 7.49. The van der Waals surface area contributed by atoms with Gasteiger partial charge >= 0.3 is 0 Å². The van der Waals surface area contributed by atoms with E-state index in [1.165, 1.54) is 11.2 Å². The number of hydrogen-bond acceptors (Lipinski definition) is 5. The maximum atomic E-state index is 12.3. The van der Waals surface area contributed by atoms with Crippen molar-refractivity contribution < 1.29 is 22.7 Å². The number of halogens is 1. The van der Waals surface area contributed by atoms with Gasteiger partial charge in [-0.25, -0.2) is 8.42 Å². The number of nitrogens with one attached hydrogen (secondary N) is 2. The summed E-state index contributed by atoms with van der Waals surface area (Å²) in [7, 11) is -3.54. The lowest BCUT2D eigenvalue weighted by Crippen LogP contribution is -2.29. The zero-order valence-electron chi connectivity index (χ0n) is 18.6. The van der Waals surface area contributed by atoms with Crippen LogP contribution in [0.25, 0.3) is 0 Å². The average Bonchev–Trinajstić information content (AvgIpc) is 2.78. The fraction of sp³-hybridized carbons (Fsp3) is 0.167. The van der Waals surface area contributed by atoms with Crippen molar-refractivity contribution >= 4 is 50.5 Å². The quantitative estimate of drug-likeness (QED) is 0.455. The zero-order valence-corrected chi connectivity index (χ0v) is 20.2. The van der Waals surface area contributed by atoms with E-state index in [0.29, 0.717) is 27.8 Å². The molecule has 34 heavy (non-hydrogen) atoms. The van der Waals surface area contributed by atoms with E-state index in [9.17, 15) is 18.0 Å². The molecule has 0 radical (unpaired) electrons. The molecule has 0 saturated heterocycles. The molecule has 2 N–H and O–H groups in total. The van der Waals surface area contributed by atoms with Crippen LogP contribution < -0.4 is 19.7 Å². The number of amides is 2. The summed E-state index contributed by atoms with van der Waals surface area (Å²) in [5, 5.41) is 5.92. The van der Waals surface area contributed by atoms with Crippen LogP contribution in [0.1, 0.15) is 12.5 Å². The van der Waals surface area contributed by atoms with Crippen LogP contribution in [-0.2, 0) is 26.2 Å². The molecule has 0 spiro atoms. The van der Waals surface area contributed by atoms with Gasteiger partial charge in [0.2, 0.25) is 15.9 Å². The first-order valence-electron chi connectivity index (χ1n) is 10.2. The highest BCUT2D eigenvalue weighted by molar-refractivity contribution is 7.92. The fourth-order valence-electron chi connectivity index (χ4n) is 3.05. The van der Waals surface area contributed by atoms with E-state index in [1.54, 1.807) is 72.8 Å². The zero-order chi connectivity index (χ0) is 24.7. The van der Waals surface area contributed by atoms with Crippen molar-refractivity contribution in [3.05, 3.63) is 83.4 Å². The summed E-state index contributed by atoms with van der Waals surface area (Å²) in [6.45, 7) is 1.34. The molecule has 0 aliphatic rings. The SMILES string of the molecule is CC(=O)Nc1ccc(NC(=O)COc2ccc(N(Cc3ccc(Cl)cc3)S(C)(=O)=O)cc2)cc1. The summed E-state index contributed by atoms with van der Waals surface area (Å²) in [5.41, 5.74) is 2.44. The van der Waals surface area contributed by atoms with Gasteiger partial charge in [0.1, 0.15) is 5.75 Å². The van der Waals surface area contributed by atoms with Crippen LogP contribution in [-0.4, -0.2) is 33.1 Å². The molecule has 2 amide bonds. The average molecular weight is 502 g/mol. The Kier molecular flexibility index (Phi) is 8.14. The number of hydrogen-bond donors (Lipinski definition) is 2. The first kappa shape index (κ1) is 25.1. The number of carbonyl (C=O) groups excluding carboxylic acids is 2. The van der Waals surface area contributed by atoms with Crippen LogP contribution in [0.3, 0.4) is 0 Å². The Morgan fingerprint density at radius 2 is 1.44 bits per heavy atom. The first-order chi connectivity index (χ1) is 16.1. The van der Waals surface area contributed by atoms with Crippen molar-refractivity contribution in [3.63, 3.8) is 0 Å². The predicted octanol–water partition coefficient (Wildman–Crippen LogP) is 4.28. The number of sulfonamides is 1. The minimum atomic E-state index is -3.54. The van der Waals surface area contributed by atoms with Gasteiger partial charge in [-0.1, -0.05) is 23.7 Å². The number of nitrogens with zero attached hydrogens (tertiary/aromatic N) is 1. The molecular formula is C24H24ClN3O5S. The summed E-state index contributed by atoms with van der Waals surface area (Å²) in [5.74, 6) is -0.127. The normalized spacial score (nSPS) is 10.9. The maximum absolute atomic E-state index is 12.3. The number of carbonyl (C=O) groups is 2. The van der Waals surface area contributed by atoms with Gasteiger partial charge in [-0.3, -0.25) is 13.9 Å². The van der Waals surface area contributed by atoms with Crippen molar-refractivity contribution in [1.82, 2.24) is 0 Å². The van der Waals surface area contributed by atoms with E-state index in [4.69, 9.17) is 16.3 Å². The lowest BCUT2D eigenvalue weighted by atomic mass is 10.2. The molecule has 3 aromatic rings. The van der Waals surface area contributed by atoms with Crippen LogP contribution in [0, 0.1) is 0 Å². The van der Waals surface area contributed by atoms with Gasteiger partial charge in [0.25, 0.3) is 5.91 Å². The van der Waals surface area contributed by atoms with Gasteiger partial charge in [-0.05, 0) is 66.2 Å². The summed E-state index contributed by atoms with van der Waals surface area (Å²) in [4.78, 5) is 23.2. The number of anilines is 3. The highest BCUT2D eigenvalue weighted by Crippen LogP contribution is 2.24. The smallest absolute Gasteiger partial charge is 0.262 e. The number of ether oxygens (including phenoxy) is 1. The molecule has 0 unspecified atom stereocenters. The second kappa shape index (κ2) is 11.0. The number of benzene rings is 3. The molecular weight excluding hydrogens is 478 g/mol. The summed E-state index contributed by atoms with van der Waals surface area (Å²) >= 11 is 5.90. The third kappa shape index (κ3) is 7.50. The summed E-state index contributed by atoms with van der Waals surface area (Å²) in [6, 6.07) is 20.1. The van der Waals surface area contributed by atoms with Gasteiger partial charge in [0, 0.05) is 23.3 Å². The third-order valence-electron chi connectivity index (χ3n) is 4.62. The molecule has 178 valence electrons. The predicted molar refractivity (Wildman–Crippen MR) is 134 cm³/mol. The Balaban J connectivity index is 1.59. The highest BCUT2D eigenvalue weighted by Gasteiger charge is 2.18. The minimum absolute atomic E-state index is 0.152. The fourth-order valence-corrected chi connectivity index (χ4v) is 4.06. The van der Waals surface area contributed by atoms with Gasteiger partial charge in [-0.15, -0.1) is 0 Å². The lowest BCUT2D eigenvalue weighted by Gasteiger charge is -2.23. The van der Waals surface area contributed by atoms with E-state index in [-0.39, 0.29) is 25.0 Å². The molecule has 0 aliphatic heterocycles. The third-order valence-corrected chi connectivity index (χ3v) is 6.02. The molecule has 10 heteroatoms. The molecule has 0 saturated carbocycles. The van der Waals surface area contributed by atoms with Crippen molar-refractivity contribution in [3.8, 4) is 5.75 Å². The second-order valence-corrected chi connectivity index (χ2v) is 9.83. The van der Waals surface area contributed by atoms with Crippen molar-refractivity contribution in [2.45, 2.75) is 13.5 Å². The Bertz CT molecular complexity index is 1250. The lowest BCUT2D eigenvalue weighted by molar-refractivity contribution is -0.118. The molecule has 3 aromatic carbocycles. The monoisotopic (exact) mass is 501 g/mol. The van der Waals surface area contributed by atoms with Gasteiger partial charge in [0.15, 0.2) is 6.61 Å². The molecule has 0 aliphatic carbocycles. The molecule has 0 heterocycles. The Morgan fingerprint density at radius 1 is 0.882 bits per heavy atom. The topological polar surface area (TPSA) is 105 Å². The largest absolute Gasteiger partial charge is 0.484 e. The number of rotatable bonds is 9.